The van der Waals surface area contributed by atoms with E-state index < -0.39 is 59.8 Å². The molecular formula is C27H23F5N6O3S. The van der Waals surface area contributed by atoms with Gasteiger partial charge in [-0.3, -0.25) is 0 Å². The van der Waals surface area contributed by atoms with Gasteiger partial charge in [0.15, 0.2) is 5.82 Å². The summed E-state index contributed by atoms with van der Waals surface area (Å²) in [5.41, 5.74) is 2.45. The second-order valence-electron chi connectivity index (χ2n) is 10.3. The van der Waals surface area contributed by atoms with Gasteiger partial charge in [0.2, 0.25) is 0 Å². The molecule has 42 heavy (non-hydrogen) atoms. The summed E-state index contributed by atoms with van der Waals surface area (Å²) in [5, 5.41) is 31.4. The smallest absolute Gasteiger partial charge is 0.417 e. The first-order valence-electron chi connectivity index (χ1n) is 12.9. The SMILES string of the molecule is N#Cc1c(N)sc2c(F)ccc(-c3c(C(F)(F)F)cc4c(N5CC6CCC(C5)N6)nc(OC[C@@H](O)CO)nc4c3F)c12. The number of hydrogen-bond donors (Lipinski definition) is 4. The number of aromatic nitrogens is 2. The van der Waals surface area contributed by atoms with Gasteiger partial charge in [-0.1, -0.05) is 6.07 Å². The van der Waals surface area contributed by atoms with E-state index in [-0.39, 0.29) is 49.5 Å². The number of rotatable bonds is 6. The van der Waals surface area contributed by atoms with Gasteiger partial charge in [0.1, 0.15) is 40.9 Å². The molecule has 2 aromatic carbocycles. The molecule has 2 bridgehead atoms. The average Bonchev–Trinajstić information content (AvgIpc) is 3.48. The molecule has 0 saturated carbocycles. The number of nitrogens with two attached hydrogens (primary N) is 1. The summed E-state index contributed by atoms with van der Waals surface area (Å²) in [6, 6.07) is 4.13. The summed E-state index contributed by atoms with van der Waals surface area (Å²) in [6.07, 6.45) is -4.67. The molecule has 2 aliphatic heterocycles. The van der Waals surface area contributed by atoms with Gasteiger partial charge in [-0.2, -0.15) is 28.4 Å². The number of ether oxygens (including phenoxy) is 1. The van der Waals surface area contributed by atoms with E-state index in [2.05, 4.69) is 15.3 Å². The molecule has 0 amide bonds. The molecule has 0 radical (unpaired) electrons. The minimum atomic E-state index is -5.07. The van der Waals surface area contributed by atoms with Gasteiger partial charge in [-0.05, 0) is 30.5 Å². The summed E-state index contributed by atoms with van der Waals surface area (Å²) >= 11 is 0.677. The first-order chi connectivity index (χ1) is 20.0. The van der Waals surface area contributed by atoms with Gasteiger partial charge in [0.05, 0.1) is 22.4 Å². The lowest BCUT2D eigenvalue weighted by molar-refractivity contribution is -0.137. The molecule has 2 aromatic heterocycles. The molecule has 4 aromatic rings. The highest BCUT2D eigenvalue weighted by atomic mass is 32.1. The highest BCUT2D eigenvalue weighted by molar-refractivity contribution is 7.23. The van der Waals surface area contributed by atoms with Crippen LogP contribution in [0.3, 0.4) is 0 Å². The molecule has 220 valence electrons. The van der Waals surface area contributed by atoms with Crippen molar-refractivity contribution in [2.45, 2.75) is 37.2 Å². The van der Waals surface area contributed by atoms with E-state index in [4.69, 9.17) is 15.6 Å². The predicted molar refractivity (Wildman–Crippen MR) is 145 cm³/mol. The molecule has 2 fully saturated rings. The maximum Gasteiger partial charge on any atom is 0.417 e. The second kappa shape index (κ2) is 10.5. The third-order valence-corrected chi connectivity index (χ3v) is 8.55. The van der Waals surface area contributed by atoms with Gasteiger partial charge in [-0.25, -0.2) is 8.78 Å². The number of hydrogen-bond acceptors (Lipinski definition) is 10. The lowest BCUT2D eigenvalue weighted by Gasteiger charge is -2.34. The number of fused-ring (bicyclic) bond motifs is 4. The zero-order valence-electron chi connectivity index (χ0n) is 21.7. The van der Waals surface area contributed by atoms with Gasteiger partial charge >= 0.3 is 12.2 Å². The van der Waals surface area contributed by atoms with Crippen LogP contribution in [0.25, 0.3) is 32.1 Å². The van der Waals surface area contributed by atoms with Crippen LogP contribution in [-0.2, 0) is 6.18 Å². The highest BCUT2D eigenvalue weighted by Crippen LogP contribution is 2.48. The van der Waals surface area contributed by atoms with Crippen molar-refractivity contribution in [3.8, 4) is 23.2 Å². The number of aliphatic hydroxyl groups is 2. The Morgan fingerprint density at radius 2 is 1.93 bits per heavy atom. The molecule has 2 unspecified atom stereocenters. The van der Waals surface area contributed by atoms with E-state index in [1.54, 1.807) is 11.0 Å². The van der Waals surface area contributed by atoms with Crippen LogP contribution in [0.15, 0.2) is 18.2 Å². The van der Waals surface area contributed by atoms with Crippen LogP contribution < -0.4 is 20.7 Å². The van der Waals surface area contributed by atoms with Crippen LogP contribution >= 0.6 is 11.3 Å². The Kier molecular flexibility index (Phi) is 7.04. The van der Waals surface area contributed by atoms with Crippen LogP contribution in [0.5, 0.6) is 6.01 Å². The molecule has 6 rings (SSSR count). The van der Waals surface area contributed by atoms with Crippen LogP contribution in [0, 0.1) is 23.0 Å². The van der Waals surface area contributed by atoms with Crippen molar-refractivity contribution in [2.75, 3.05) is 36.9 Å². The lowest BCUT2D eigenvalue weighted by Crippen LogP contribution is -2.51. The Hall–Kier alpha value is -3.84. The van der Waals surface area contributed by atoms with E-state index in [1.165, 1.54) is 0 Å². The van der Waals surface area contributed by atoms with Crippen molar-refractivity contribution in [1.29, 1.82) is 5.26 Å². The van der Waals surface area contributed by atoms with Crippen LogP contribution in [0.4, 0.5) is 32.8 Å². The van der Waals surface area contributed by atoms with Gasteiger partial charge in [0, 0.05) is 41.5 Å². The number of thiophene rings is 1. The number of anilines is 2. The zero-order valence-corrected chi connectivity index (χ0v) is 22.5. The van der Waals surface area contributed by atoms with Crippen molar-refractivity contribution < 1.29 is 36.9 Å². The third-order valence-electron chi connectivity index (χ3n) is 7.53. The number of piperazine rings is 1. The van der Waals surface area contributed by atoms with Crippen molar-refractivity contribution in [3.05, 3.63) is 41.0 Å². The maximum atomic E-state index is 16.6. The minimum Gasteiger partial charge on any atom is -0.461 e. The number of aliphatic hydroxyl groups excluding tert-OH is 2. The number of nitrogens with zero attached hydrogens (tertiary/aromatic N) is 4. The summed E-state index contributed by atoms with van der Waals surface area (Å²) in [7, 11) is 0. The van der Waals surface area contributed by atoms with Crippen molar-refractivity contribution in [2.24, 2.45) is 0 Å². The Labute approximate surface area is 239 Å². The van der Waals surface area contributed by atoms with Crippen LogP contribution in [0.1, 0.15) is 24.0 Å². The van der Waals surface area contributed by atoms with Crippen LogP contribution in [0.2, 0.25) is 0 Å². The van der Waals surface area contributed by atoms with Crippen LogP contribution in [-0.4, -0.2) is 64.7 Å². The standard InChI is InChI=1S/C27H23F5N6O3S/c28-18-4-3-14(19-16(6-33)24(34)42-23(18)19)20-17(27(30,31)32)5-15-22(21(20)29)36-26(41-10-13(40)9-39)37-25(15)38-7-11-1-2-12(8-38)35-11/h3-5,11-13,35,39-40H,1-2,7-10,34H2/t11?,12?,13-/m0/s1. The number of nitrogen functional groups attached to an aromatic ring is 1. The molecule has 2 aliphatic rings. The Morgan fingerprint density at radius 3 is 2.57 bits per heavy atom. The highest BCUT2D eigenvalue weighted by Gasteiger charge is 2.40. The zero-order chi connectivity index (χ0) is 29.9. The average molecular weight is 607 g/mol. The summed E-state index contributed by atoms with van der Waals surface area (Å²) in [5.74, 6) is -2.18. The largest absolute Gasteiger partial charge is 0.461 e. The molecule has 2 saturated heterocycles. The first-order valence-corrected chi connectivity index (χ1v) is 13.8. The fourth-order valence-corrected chi connectivity index (χ4v) is 6.63. The van der Waals surface area contributed by atoms with E-state index in [9.17, 15) is 27.9 Å². The Morgan fingerprint density at radius 1 is 1.21 bits per heavy atom. The summed E-state index contributed by atoms with van der Waals surface area (Å²) in [4.78, 5) is 10.1. The molecule has 9 nitrogen and oxygen atoms in total. The third kappa shape index (κ3) is 4.74. The topological polar surface area (TPSA) is 141 Å². The number of alkyl halides is 3. The van der Waals surface area contributed by atoms with Crippen molar-refractivity contribution >= 4 is 43.1 Å². The predicted octanol–water partition coefficient (Wildman–Crippen LogP) is 3.93. The monoisotopic (exact) mass is 606 g/mol. The van der Waals surface area contributed by atoms with Gasteiger partial charge in [0.25, 0.3) is 0 Å². The first kappa shape index (κ1) is 28.3. The molecule has 0 spiro atoms. The van der Waals surface area contributed by atoms with E-state index >= 15 is 4.39 Å². The van der Waals surface area contributed by atoms with Gasteiger partial charge in [-0.15, -0.1) is 11.3 Å². The number of benzene rings is 2. The Balaban J connectivity index is 1.65. The number of nitriles is 1. The molecule has 5 N–H and O–H groups in total. The normalized spacial score (nSPS) is 19.4. The lowest BCUT2D eigenvalue weighted by atomic mass is 9.92. The molecule has 4 heterocycles. The quantitative estimate of drug-likeness (QED) is 0.240. The second-order valence-corrected chi connectivity index (χ2v) is 11.3. The van der Waals surface area contributed by atoms with E-state index in [0.29, 0.717) is 24.4 Å². The molecule has 15 heteroatoms. The fourth-order valence-electron chi connectivity index (χ4n) is 5.69. The fraction of sp³-hybridized carbons (Fsp3) is 0.370. The van der Waals surface area contributed by atoms with E-state index in [1.807, 2.05) is 0 Å². The minimum absolute atomic E-state index is 0.0181. The maximum absolute atomic E-state index is 16.6. The molecular weight excluding hydrogens is 583 g/mol. The van der Waals surface area contributed by atoms with Gasteiger partial charge < -0.3 is 30.9 Å². The van der Waals surface area contributed by atoms with Crippen molar-refractivity contribution in [1.82, 2.24) is 15.3 Å². The number of halogens is 5. The Bertz CT molecular complexity index is 1750. The molecule has 0 aliphatic carbocycles. The van der Waals surface area contributed by atoms with Crippen molar-refractivity contribution in [3.63, 3.8) is 0 Å². The summed E-state index contributed by atoms with van der Waals surface area (Å²) < 4.78 is 80.6. The number of nitrogens with one attached hydrogen (secondary N) is 1. The van der Waals surface area contributed by atoms with E-state index in [0.717, 1.165) is 31.0 Å². The molecule has 3 atom stereocenters. The summed E-state index contributed by atoms with van der Waals surface area (Å²) in [6.45, 7) is -0.309.